The Morgan fingerprint density at radius 3 is 2.77 bits per heavy atom. The van der Waals surface area contributed by atoms with Crippen LogP contribution in [-0.4, -0.2) is 16.3 Å². The van der Waals surface area contributed by atoms with Crippen LogP contribution in [0.1, 0.15) is 39.5 Å². The minimum absolute atomic E-state index is 0.204. The van der Waals surface area contributed by atoms with Crippen LogP contribution in [0.5, 0.6) is 0 Å². The molecule has 0 aromatic rings. The number of nitrogens with one attached hydrogen (secondary N) is 1. The normalized spacial score (nSPS) is 31.2. The van der Waals surface area contributed by atoms with Gasteiger partial charge in [-0.2, -0.15) is 0 Å². The van der Waals surface area contributed by atoms with Crippen LogP contribution in [0.25, 0.3) is 0 Å². The molecule has 1 rings (SSSR count). The molecule has 0 aromatic heterocycles. The van der Waals surface area contributed by atoms with E-state index in [1.807, 2.05) is 18.7 Å². The number of hydrogen-bond acceptors (Lipinski definition) is 2. The van der Waals surface area contributed by atoms with Crippen molar-refractivity contribution in [2.45, 2.75) is 50.0 Å². The molecule has 1 saturated carbocycles. The molecular weight excluding hydrogens is 180 g/mol. The van der Waals surface area contributed by atoms with Crippen LogP contribution >= 0.6 is 11.8 Å². The summed E-state index contributed by atoms with van der Waals surface area (Å²) in [5.41, 5.74) is 5.45. The summed E-state index contributed by atoms with van der Waals surface area (Å²) in [5.74, 6) is 1.19. The van der Waals surface area contributed by atoms with Crippen molar-refractivity contribution >= 4 is 17.6 Å². The van der Waals surface area contributed by atoms with Crippen LogP contribution in [-0.2, 0) is 0 Å². The van der Waals surface area contributed by atoms with Gasteiger partial charge in [0.15, 0.2) is 0 Å². The molecule has 3 unspecified atom stereocenters. The van der Waals surface area contributed by atoms with E-state index in [2.05, 4.69) is 6.92 Å². The van der Waals surface area contributed by atoms with Gasteiger partial charge >= 0.3 is 0 Å². The van der Waals surface area contributed by atoms with Crippen LogP contribution in [0.15, 0.2) is 0 Å². The van der Waals surface area contributed by atoms with Crippen molar-refractivity contribution in [3.8, 4) is 0 Å². The van der Waals surface area contributed by atoms with Gasteiger partial charge in [0.05, 0.1) is 5.25 Å². The number of nitrogens with two attached hydrogens (primary N) is 1. The van der Waals surface area contributed by atoms with Gasteiger partial charge in [0, 0.05) is 5.25 Å². The first kappa shape index (κ1) is 10.9. The van der Waals surface area contributed by atoms with Gasteiger partial charge in [0.1, 0.15) is 5.84 Å². The fraction of sp³-hybridized carbons (Fsp3) is 0.900. The van der Waals surface area contributed by atoms with Crippen molar-refractivity contribution in [2.24, 2.45) is 11.7 Å². The van der Waals surface area contributed by atoms with E-state index < -0.39 is 0 Å². The minimum Gasteiger partial charge on any atom is -0.387 e. The van der Waals surface area contributed by atoms with Gasteiger partial charge in [0.25, 0.3) is 0 Å². The lowest BCUT2D eigenvalue weighted by Gasteiger charge is -2.27. The molecular formula is C10H20N2S. The van der Waals surface area contributed by atoms with E-state index in [0.29, 0.717) is 5.84 Å². The average Bonchev–Trinajstić information content (AvgIpc) is 2.04. The molecule has 3 heteroatoms. The summed E-state index contributed by atoms with van der Waals surface area (Å²) in [6.07, 6.45) is 5.35. The summed E-state index contributed by atoms with van der Waals surface area (Å²) in [6.45, 7) is 4.36. The molecule has 13 heavy (non-hydrogen) atoms. The fourth-order valence-electron chi connectivity index (χ4n) is 1.86. The lowest BCUT2D eigenvalue weighted by Crippen LogP contribution is -2.26. The zero-order valence-electron chi connectivity index (χ0n) is 8.55. The quantitative estimate of drug-likeness (QED) is 0.543. The van der Waals surface area contributed by atoms with Crippen LogP contribution < -0.4 is 5.73 Å². The van der Waals surface area contributed by atoms with Gasteiger partial charge in [-0.25, -0.2) is 0 Å². The predicted octanol–water partition coefficient (Wildman–Crippen LogP) is 2.62. The zero-order valence-corrected chi connectivity index (χ0v) is 9.36. The Morgan fingerprint density at radius 1 is 1.54 bits per heavy atom. The largest absolute Gasteiger partial charge is 0.387 e. The highest BCUT2D eigenvalue weighted by Gasteiger charge is 2.21. The van der Waals surface area contributed by atoms with Crippen molar-refractivity contribution in [1.82, 2.24) is 0 Å². The maximum Gasteiger partial charge on any atom is 0.104 e. The molecule has 76 valence electrons. The Bertz CT molecular complexity index is 182. The van der Waals surface area contributed by atoms with E-state index in [1.165, 1.54) is 25.7 Å². The highest BCUT2D eigenvalue weighted by molar-refractivity contribution is 8.01. The first-order valence-electron chi connectivity index (χ1n) is 5.09. The second kappa shape index (κ2) is 4.89. The van der Waals surface area contributed by atoms with E-state index in [4.69, 9.17) is 11.1 Å². The van der Waals surface area contributed by atoms with Gasteiger partial charge in [-0.15, -0.1) is 11.8 Å². The molecule has 1 aliphatic carbocycles. The lowest BCUT2D eigenvalue weighted by molar-refractivity contribution is 0.394. The third-order valence-electron chi connectivity index (χ3n) is 2.72. The Morgan fingerprint density at radius 2 is 2.23 bits per heavy atom. The number of rotatable bonds is 3. The molecule has 0 aromatic carbocycles. The second-order valence-electron chi connectivity index (χ2n) is 4.13. The summed E-state index contributed by atoms with van der Waals surface area (Å²) < 4.78 is 0. The molecule has 0 heterocycles. The fourth-order valence-corrected chi connectivity index (χ4v) is 3.33. The van der Waals surface area contributed by atoms with E-state index in [0.717, 1.165) is 11.2 Å². The summed E-state index contributed by atoms with van der Waals surface area (Å²) >= 11 is 1.88. The monoisotopic (exact) mass is 200 g/mol. The average molecular weight is 200 g/mol. The first-order valence-corrected chi connectivity index (χ1v) is 6.03. The van der Waals surface area contributed by atoms with Crippen molar-refractivity contribution in [3.05, 3.63) is 0 Å². The molecule has 1 fully saturated rings. The maximum atomic E-state index is 7.33. The van der Waals surface area contributed by atoms with E-state index in [-0.39, 0.29) is 5.25 Å². The maximum absolute atomic E-state index is 7.33. The molecule has 2 nitrogen and oxygen atoms in total. The first-order chi connectivity index (χ1) is 6.09. The van der Waals surface area contributed by atoms with Gasteiger partial charge < -0.3 is 5.73 Å². The van der Waals surface area contributed by atoms with Crippen LogP contribution in [0.2, 0.25) is 0 Å². The van der Waals surface area contributed by atoms with Crippen LogP contribution in [0.4, 0.5) is 0 Å². The van der Waals surface area contributed by atoms with E-state index in [9.17, 15) is 0 Å². The standard InChI is InChI=1S/C10H20N2S/c1-7-4-3-5-9(6-7)13-8(2)10(11)12/h7-9H,3-6H2,1-2H3,(H3,11,12). The highest BCUT2D eigenvalue weighted by atomic mass is 32.2. The van der Waals surface area contributed by atoms with Gasteiger partial charge in [-0.1, -0.05) is 19.8 Å². The predicted molar refractivity (Wildman–Crippen MR) is 60.4 cm³/mol. The highest BCUT2D eigenvalue weighted by Crippen LogP contribution is 2.33. The van der Waals surface area contributed by atoms with Gasteiger partial charge in [-0.3, -0.25) is 5.41 Å². The topological polar surface area (TPSA) is 49.9 Å². The Balaban J connectivity index is 2.31. The number of amidine groups is 1. The van der Waals surface area contributed by atoms with Crippen molar-refractivity contribution < 1.29 is 0 Å². The van der Waals surface area contributed by atoms with Crippen molar-refractivity contribution in [2.75, 3.05) is 0 Å². The third-order valence-corrected chi connectivity index (χ3v) is 4.20. The SMILES string of the molecule is CC1CCCC(SC(C)C(=N)N)C1. The van der Waals surface area contributed by atoms with Gasteiger partial charge in [-0.05, 0) is 25.7 Å². The van der Waals surface area contributed by atoms with Crippen LogP contribution in [0.3, 0.4) is 0 Å². The molecule has 0 spiro atoms. The molecule has 3 atom stereocenters. The molecule has 0 aliphatic heterocycles. The molecule has 0 radical (unpaired) electrons. The Labute approximate surface area is 85.2 Å². The number of thioether (sulfide) groups is 1. The van der Waals surface area contributed by atoms with E-state index >= 15 is 0 Å². The van der Waals surface area contributed by atoms with Crippen molar-refractivity contribution in [1.29, 1.82) is 5.41 Å². The molecule has 0 amide bonds. The molecule has 0 saturated heterocycles. The molecule has 1 aliphatic rings. The number of hydrogen-bond donors (Lipinski definition) is 2. The zero-order chi connectivity index (χ0) is 9.84. The third kappa shape index (κ3) is 3.59. The summed E-state index contributed by atoms with van der Waals surface area (Å²) in [6, 6.07) is 0. The smallest absolute Gasteiger partial charge is 0.104 e. The lowest BCUT2D eigenvalue weighted by atomic mass is 9.91. The molecule has 3 N–H and O–H groups in total. The van der Waals surface area contributed by atoms with Crippen molar-refractivity contribution in [3.63, 3.8) is 0 Å². The summed E-state index contributed by atoms with van der Waals surface area (Å²) in [4.78, 5) is 0. The van der Waals surface area contributed by atoms with Crippen LogP contribution in [0, 0.1) is 11.3 Å². The summed E-state index contributed by atoms with van der Waals surface area (Å²) in [5, 5.41) is 8.27. The molecule has 0 bridgehead atoms. The summed E-state index contributed by atoms with van der Waals surface area (Å²) in [7, 11) is 0. The Hall–Kier alpha value is -0.180. The van der Waals surface area contributed by atoms with Gasteiger partial charge in [0.2, 0.25) is 0 Å². The Kier molecular flexibility index (Phi) is 4.10. The minimum atomic E-state index is 0.204. The second-order valence-corrected chi connectivity index (χ2v) is 5.77. The van der Waals surface area contributed by atoms with E-state index in [1.54, 1.807) is 0 Å².